The normalized spacial score (nSPS) is 14.1. The lowest BCUT2D eigenvalue weighted by Crippen LogP contribution is -2.20. The quantitative estimate of drug-likeness (QED) is 0.570. The Hall–Kier alpha value is -0.130. The van der Waals surface area contributed by atoms with Gasteiger partial charge < -0.3 is 10.4 Å². The molecule has 0 rings (SSSR count). The molecular formula is C10H23NO3S. The monoisotopic (exact) mass is 237 g/mol. The summed E-state index contributed by atoms with van der Waals surface area (Å²) in [6.07, 6.45) is 3.97. The van der Waals surface area contributed by atoms with Crippen LogP contribution >= 0.6 is 0 Å². The highest BCUT2D eigenvalue weighted by Gasteiger charge is 2.01. The predicted octanol–water partition coefficient (Wildman–Crippen LogP) is 0.419. The first-order valence-electron chi connectivity index (χ1n) is 5.45. The van der Waals surface area contributed by atoms with Crippen LogP contribution in [0.15, 0.2) is 0 Å². The highest BCUT2D eigenvalue weighted by atomic mass is 32.2. The molecule has 5 heteroatoms. The number of aliphatic hydroxyl groups is 1. The van der Waals surface area contributed by atoms with Crippen molar-refractivity contribution >= 4 is 9.84 Å². The van der Waals surface area contributed by atoms with Crippen molar-refractivity contribution in [2.24, 2.45) is 5.92 Å². The highest BCUT2D eigenvalue weighted by Crippen LogP contribution is 2.02. The average Bonchev–Trinajstić information content (AvgIpc) is 2.14. The van der Waals surface area contributed by atoms with Gasteiger partial charge in [-0.1, -0.05) is 6.92 Å². The zero-order valence-corrected chi connectivity index (χ0v) is 10.5. The van der Waals surface area contributed by atoms with Crippen LogP contribution in [0.1, 0.15) is 26.2 Å². The van der Waals surface area contributed by atoms with Gasteiger partial charge in [-0.2, -0.15) is 0 Å². The van der Waals surface area contributed by atoms with Crippen LogP contribution in [-0.4, -0.2) is 45.2 Å². The molecule has 4 nitrogen and oxygen atoms in total. The Morgan fingerprint density at radius 2 is 1.87 bits per heavy atom. The van der Waals surface area contributed by atoms with Crippen LogP contribution in [0.2, 0.25) is 0 Å². The first-order chi connectivity index (χ1) is 6.95. The largest absolute Gasteiger partial charge is 0.396 e. The van der Waals surface area contributed by atoms with E-state index >= 15 is 0 Å². The Labute approximate surface area is 93.0 Å². The Bertz CT molecular complexity index is 239. The Balaban J connectivity index is 3.19. The minimum Gasteiger partial charge on any atom is -0.396 e. The third kappa shape index (κ3) is 11.8. The fourth-order valence-corrected chi connectivity index (χ4v) is 1.92. The van der Waals surface area contributed by atoms with E-state index in [0.717, 1.165) is 25.9 Å². The van der Waals surface area contributed by atoms with E-state index in [2.05, 4.69) is 5.32 Å². The molecule has 0 spiro atoms. The van der Waals surface area contributed by atoms with E-state index in [0.29, 0.717) is 12.3 Å². The van der Waals surface area contributed by atoms with Crippen LogP contribution in [-0.2, 0) is 9.84 Å². The van der Waals surface area contributed by atoms with Gasteiger partial charge in [0.05, 0.1) is 5.75 Å². The Morgan fingerprint density at radius 3 is 2.40 bits per heavy atom. The number of hydrogen-bond acceptors (Lipinski definition) is 4. The summed E-state index contributed by atoms with van der Waals surface area (Å²) in [4.78, 5) is 0. The summed E-state index contributed by atoms with van der Waals surface area (Å²) in [5, 5.41) is 12.0. The van der Waals surface area contributed by atoms with E-state index in [1.807, 2.05) is 6.92 Å². The fraction of sp³-hybridized carbons (Fsp3) is 1.00. The van der Waals surface area contributed by atoms with Crippen LogP contribution in [0.25, 0.3) is 0 Å². The zero-order chi connectivity index (χ0) is 11.7. The van der Waals surface area contributed by atoms with Crippen molar-refractivity contribution < 1.29 is 13.5 Å². The molecule has 0 aliphatic carbocycles. The maximum Gasteiger partial charge on any atom is 0.147 e. The first-order valence-corrected chi connectivity index (χ1v) is 7.51. The van der Waals surface area contributed by atoms with E-state index < -0.39 is 9.84 Å². The van der Waals surface area contributed by atoms with Gasteiger partial charge in [-0.3, -0.25) is 0 Å². The van der Waals surface area contributed by atoms with Gasteiger partial charge in [-0.25, -0.2) is 8.42 Å². The van der Waals surface area contributed by atoms with Crippen molar-refractivity contribution in [3.8, 4) is 0 Å². The third-order valence-corrected chi connectivity index (χ3v) is 3.26. The van der Waals surface area contributed by atoms with Crippen LogP contribution in [0.3, 0.4) is 0 Å². The number of sulfone groups is 1. The maximum atomic E-state index is 10.8. The number of nitrogens with one attached hydrogen (secondary N) is 1. The average molecular weight is 237 g/mol. The molecule has 1 unspecified atom stereocenters. The smallest absolute Gasteiger partial charge is 0.147 e. The van der Waals surface area contributed by atoms with Crippen molar-refractivity contribution in [2.45, 2.75) is 26.2 Å². The molecule has 0 aromatic heterocycles. The van der Waals surface area contributed by atoms with Gasteiger partial charge in [-0.05, 0) is 38.3 Å². The highest BCUT2D eigenvalue weighted by molar-refractivity contribution is 7.90. The third-order valence-electron chi connectivity index (χ3n) is 2.23. The standard InChI is InChI=1S/C10H23NO3S/c1-10(9-12)5-3-6-11-7-4-8-15(2,13)14/h10-12H,3-9H2,1-2H3. The first kappa shape index (κ1) is 14.9. The Kier molecular flexibility index (Phi) is 8.00. The molecule has 0 fully saturated rings. The van der Waals surface area contributed by atoms with Gasteiger partial charge in [0, 0.05) is 12.9 Å². The minimum absolute atomic E-state index is 0.244. The number of hydrogen-bond donors (Lipinski definition) is 2. The summed E-state index contributed by atoms with van der Waals surface area (Å²) < 4.78 is 21.6. The van der Waals surface area contributed by atoms with Gasteiger partial charge in [0.1, 0.15) is 9.84 Å². The molecule has 0 bridgehead atoms. The molecule has 0 aliphatic rings. The summed E-state index contributed by atoms with van der Waals surface area (Å²) in [6, 6.07) is 0. The number of rotatable bonds is 9. The van der Waals surface area contributed by atoms with Crippen molar-refractivity contribution in [3.05, 3.63) is 0 Å². The van der Waals surface area contributed by atoms with E-state index in [-0.39, 0.29) is 12.4 Å². The predicted molar refractivity (Wildman–Crippen MR) is 62.7 cm³/mol. The molecule has 0 heterocycles. The molecule has 0 aromatic carbocycles. The maximum absolute atomic E-state index is 10.8. The molecule has 0 aromatic rings. The molecule has 0 amide bonds. The van der Waals surface area contributed by atoms with Gasteiger partial charge in [0.25, 0.3) is 0 Å². The summed E-state index contributed by atoms with van der Waals surface area (Å²) in [5.41, 5.74) is 0. The van der Waals surface area contributed by atoms with Crippen molar-refractivity contribution in [1.29, 1.82) is 0 Å². The van der Waals surface area contributed by atoms with Crippen LogP contribution in [0.4, 0.5) is 0 Å². The molecule has 0 radical (unpaired) electrons. The fourth-order valence-electron chi connectivity index (χ4n) is 1.25. The van der Waals surface area contributed by atoms with E-state index in [1.165, 1.54) is 6.26 Å². The van der Waals surface area contributed by atoms with Crippen molar-refractivity contribution in [3.63, 3.8) is 0 Å². The molecule has 0 saturated heterocycles. The summed E-state index contributed by atoms with van der Waals surface area (Å²) in [5.74, 6) is 0.621. The summed E-state index contributed by atoms with van der Waals surface area (Å²) in [7, 11) is -2.81. The molecule has 92 valence electrons. The SMILES string of the molecule is CC(CO)CCCNCCCS(C)(=O)=O. The molecule has 1 atom stereocenters. The van der Waals surface area contributed by atoms with E-state index in [9.17, 15) is 8.42 Å². The summed E-state index contributed by atoms with van der Waals surface area (Å²) in [6.45, 7) is 3.91. The topological polar surface area (TPSA) is 66.4 Å². The molecular weight excluding hydrogens is 214 g/mol. The van der Waals surface area contributed by atoms with Gasteiger partial charge in [-0.15, -0.1) is 0 Å². The summed E-state index contributed by atoms with van der Waals surface area (Å²) >= 11 is 0. The van der Waals surface area contributed by atoms with Gasteiger partial charge >= 0.3 is 0 Å². The number of aliphatic hydroxyl groups excluding tert-OH is 1. The minimum atomic E-state index is -2.81. The van der Waals surface area contributed by atoms with Crippen molar-refractivity contribution in [2.75, 3.05) is 31.7 Å². The second-order valence-corrected chi connectivity index (χ2v) is 6.42. The molecule has 15 heavy (non-hydrogen) atoms. The van der Waals surface area contributed by atoms with Crippen LogP contribution < -0.4 is 5.32 Å². The molecule has 2 N–H and O–H groups in total. The van der Waals surface area contributed by atoms with Crippen LogP contribution in [0, 0.1) is 5.92 Å². The second kappa shape index (κ2) is 8.07. The lowest BCUT2D eigenvalue weighted by molar-refractivity contribution is 0.228. The zero-order valence-electron chi connectivity index (χ0n) is 9.70. The molecule has 0 aliphatic heterocycles. The van der Waals surface area contributed by atoms with Gasteiger partial charge in [0.2, 0.25) is 0 Å². The molecule has 0 saturated carbocycles. The Morgan fingerprint density at radius 1 is 1.27 bits per heavy atom. The van der Waals surface area contributed by atoms with Crippen LogP contribution in [0.5, 0.6) is 0 Å². The van der Waals surface area contributed by atoms with Gasteiger partial charge in [0.15, 0.2) is 0 Å². The van der Waals surface area contributed by atoms with Crippen molar-refractivity contribution in [1.82, 2.24) is 5.32 Å². The van der Waals surface area contributed by atoms with E-state index in [4.69, 9.17) is 5.11 Å². The lowest BCUT2D eigenvalue weighted by atomic mass is 10.1. The van der Waals surface area contributed by atoms with E-state index in [1.54, 1.807) is 0 Å². The lowest BCUT2D eigenvalue weighted by Gasteiger charge is -2.07. The second-order valence-electron chi connectivity index (χ2n) is 4.16.